The van der Waals surface area contributed by atoms with Gasteiger partial charge in [0.15, 0.2) is 13.1 Å². The zero-order valence-electron chi connectivity index (χ0n) is 15.0. The summed E-state index contributed by atoms with van der Waals surface area (Å²) in [5, 5.41) is 9.88. The molecule has 1 fully saturated rings. The van der Waals surface area contributed by atoms with Gasteiger partial charge in [0, 0.05) is 24.4 Å². The van der Waals surface area contributed by atoms with Crippen molar-refractivity contribution in [2.75, 3.05) is 11.4 Å². The Hall–Kier alpha value is -3.16. The van der Waals surface area contributed by atoms with Crippen molar-refractivity contribution in [2.24, 2.45) is 0 Å². The molecular weight excluding hydrogens is 341 g/mol. The van der Waals surface area contributed by atoms with Gasteiger partial charge in [-0.1, -0.05) is 18.2 Å². The van der Waals surface area contributed by atoms with Crippen molar-refractivity contribution in [1.29, 1.82) is 0 Å². The molecule has 2 aliphatic rings. The van der Waals surface area contributed by atoms with E-state index in [2.05, 4.69) is 20.5 Å². The van der Waals surface area contributed by atoms with Gasteiger partial charge in [-0.25, -0.2) is 4.98 Å². The third kappa shape index (κ3) is 3.69. The predicted octanol–water partition coefficient (Wildman–Crippen LogP) is 1.50. The van der Waals surface area contributed by atoms with Crippen LogP contribution in [0.1, 0.15) is 30.1 Å². The van der Waals surface area contributed by atoms with Crippen molar-refractivity contribution >= 4 is 30.3 Å². The number of rotatable bonds is 5. The van der Waals surface area contributed by atoms with Crippen molar-refractivity contribution in [2.45, 2.75) is 26.2 Å². The van der Waals surface area contributed by atoms with E-state index >= 15 is 0 Å². The van der Waals surface area contributed by atoms with Gasteiger partial charge in [0.2, 0.25) is 11.8 Å². The predicted molar refractivity (Wildman–Crippen MR) is 103 cm³/mol. The Bertz CT molecular complexity index is 945. The summed E-state index contributed by atoms with van der Waals surface area (Å²) in [6.45, 7) is 2.59. The second-order valence-electron chi connectivity index (χ2n) is 6.64. The molecule has 1 saturated heterocycles. The standard InChI is InChI=1S/C19H19BN5O2/c1-12-21-19(24-23-12)18-15(8-9-20-18)22-16(26)11-13-4-6-14(7-5-13)25-10-2-3-17(25)27/h4-9H,2-3,10-11H2,1H3,(H,22,26)(H,21,23,24). The molecule has 1 radical (unpaired) electrons. The van der Waals surface area contributed by atoms with Gasteiger partial charge in [-0.2, -0.15) is 5.10 Å². The fourth-order valence-corrected chi connectivity index (χ4v) is 3.28. The van der Waals surface area contributed by atoms with Gasteiger partial charge in [0.25, 0.3) is 0 Å². The zero-order valence-corrected chi connectivity index (χ0v) is 15.0. The van der Waals surface area contributed by atoms with Crippen molar-refractivity contribution < 1.29 is 9.59 Å². The molecule has 2 aliphatic heterocycles. The van der Waals surface area contributed by atoms with E-state index in [0.717, 1.165) is 35.5 Å². The first-order chi connectivity index (χ1) is 13.1. The first kappa shape index (κ1) is 17.3. The van der Waals surface area contributed by atoms with Crippen molar-refractivity contribution in [3.8, 4) is 0 Å². The van der Waals surface area contributed by atoms with Gasteiger partial charge in [-0.05, 0) is 36.5 Å². The topological polar surface area (TPSA) is 91.0 Å². The highest BCUT2D eigenvalue weighted by atomic mass is 16.2. The minimum Gasteiger partial charge on any atom is -0.326 e. The Morgan fingerprint density at radius 3 is 2.81 bits per heavy atom. The summed E-state index contributed by atoms with van der Waals surface area (Å²) in [7, 11) is 1.88. The number of carbonyl (C=O) groups is 2. The van der Waals surface area contributed by atoms with E-state index in [-0.39, 0.29) is 18.2 Å². The second kappa shape index (κ2) is 7.22. The smallest absolute Gasteiger partial charge is 0.228 e. The number of benzene rings is 1. The monoisotopic (exact) mass is 360 g/mol. The average molecular weight is 360 g/mol. The molecule has 2 aromatic rings. The van der Waals surface area contributed by atoms with E-state index in [9.17, 15) is 9.59 Å². The highest BCUT2D eigenvalue weighted by molar-refractivity contribution is 6.67. The van der Waals surface area contributed by atoms with Crippen LogP contribution in [0.2, 0.25) is 0 Å². The van der Waals surface area contributed by atoms with Gasteiger partial charge in [0.1, 0.15) is 5.82 Å². The lowest BCUT2D eigenvalue weighted by molar-refractivity contribution is -0.119. The SMILES string of the molecule is Cc1nc(C2=C(NC(=O)Cc3ccc(N4CCCC4=O)cc3)C=C[B]2)n[nH]1. The molecule has 7 nitrogen and oxygen atoms in total. The van der Waals surface area contributed by atoms with Gasteiger partial charge in [-0.3, -0.25) is 14.7 Å². The average Bonchev–Trinajstić information content (AvgIpc) is 3.37. The third-order valence-corrected chi connectivity index (χ3v) is 4.61. The molecule has 135 valence electrons. The van der Waals surface area contributed by atoms with Crippen LogP contribution < -0.4 is 10.2 Å². The molecule has 0 atom stereocenters. The lowest BCUT2D eigenvalue weighted by Crippen LogP contribution is -2.25. The molecule has 0 spiro atoms. The zero-order chi connectivity index (χ0) is 18.8. The number of aromatic amines is 1. The number of allylic oxidation sites excluding steroid dienone is 1. The van der Waals surface area contributed by atoms with Crippen LogP contribution in [0.25, 0.3) is 5.47 Å². The number of nitrogens with one attached hydrogen (secondary N) is 2. The molecule has 0 bridgehead atoms. The molecule has 1 aromatic carbocycles. The molecule has 2 amide bonds. The molecule has 3 heterocycles. The van der Waals surface area contributed by atoms with Gasteiger partial charge >= 0.3 is 0 Å². The minimum atomic E-state index is -0.111. The number of hydrogen-bond acceptors (Lipinski definition) is 4. The van der Waals surface area contributed by atoms with E-state index < -0.39 is 0 Å². The maximum Gasteiger partial charge on any atom is 0.228 e. The number of carbonyl (C=O) groups excluding carboxylic acids is 2. The number of nitrogens with zero attached hydrogens (tertiary/aromatic N) is 3. The van der Waals surface area contributed by atoms with E-state index in [1.54, 1.807) is 4.90 Å². The van der Waals surface area contributed by atoms with Crippen LogP contribution in [0.3, 0.4) is 0 Å². The van der Waals surface area contributed by atoms with Gasteiger partial charge in [0.05, 0.1) is 6.42 Å². The first-order valence-corrected chi connectivity index (χ1v) is 8.94. The summed E-state index contributed by atoms with van der Waals surface area (Å²) in [4.78, 5) is 30.4. The highest BCUT2D eigenvalue weighted by Gasteiger charge is 2.22. The van der Waals surface area contributed by atoms with E-state index in [1.807, 2.05) is 50.5 Å². The summed E-state index contributed by atoms with van der Waals surface area (Å²) in [5.74, 6) is 3.19. The summed E-state index contributed by atoms with van der Waals surface area (Å²) >= 11 is 0. The van der Waals surface area contributed by atoms with E-state index in [1.165, 1.54) is 0 Å². The van der Waals surface area contributed by atoms with Crippen LogP contribution in [-0.2, 0) is 16.0 Å². The van der Waals surface area contributed by atoms with Crippen LogP contribution in [0.15, 0.2) is 42.0 Å². The largest absolute Gasteiger partial charge is 0.326 e. The number of amides is 2. The highest BCUT2D eigenvalue weighted by Crippen LogP contribution is 2.22. The Morgan fingerprint density at radius 2 is 2.15 bits per heavy atom. The van der Waals surface area contributed by atoms with Crippen LogP contribution in [0, 0.1) is 6.92 Å². The van der Waals surface area contributed by atoms with Crippen molar-refractivity contribution in [3.63, 3.8) is 0 Å². The Balaban J connectivity index is 1.42. The van der Waals surface area contributed by atoms with E-state index in [0.29, 0.717) is 17.9 Å². The lowest BCUT2D eigenvalue weighted by Gasteiger charge is -2.16. The maximum atomic E-state index is 12.4. The molecule has 27 heavy (non-hydrogen) atoms. The summed E-state index contributed by atoms with van der Waals surface area (Å²) in [6.07, 6.45) is 3.60. The second-order valence-corrected chi connectivity index (χ2v) is 6.64. The van der Waals surface area contributed by atoms with Gasteiger partial charge in [-0.15, -0.1) is 5.98 Å². The molecule has 0 unspecified atom stereocenters. The molecule has 0 saturated carbocycles. The summed E-state index contributed by atoms with van der Waals surface area (Å²) in [5.41, 5.74) is 3.26. The fraction of sp³-hybridized carbons (Fsp3) is 0.263. The number of hydrogen-bond donors (Lipinski definition) is 2. The molecule has 1 aromatic heterocycles. The van der Waals surface area contributed by atoms with Crippen LogP contribution in [-0.4, -0.2) is 40.8 Å². The van der Waals surface area contributed by atoms with Crippen molar-refractivity contribution in [1.82, 2.24) is 20.5 Å². The Morgan fingerprint density at radius 1 is 1.33 bits per heavy atom. The molecule has 8 heteroatoms. The number of H-pyrrole nitrogens is 1. The Kier molecular flexibility index (Phi) is 4.62. The molecular formula is C19H19BN5O2. The third-order valence-electron chi connectivity index (χ3n) is 4.61. The summed E-state index contributed by atoms with van der Waals surface area (Å²) < 4.78 is 0. The fourth-order valence-electron chi connectivity index (χ4n) is 3.28. The maximum absolute atomic E-state index is 12.4. The summed E-state index contributed by atoms with van der Waals surface area (Å²) in [6, 6.07) is 7.59. The van der Waals surface area contributed by atoms with Crippen LogP contribution >= 0.6 is 0 Å². The minimum absolute atomic E-state index is 0.111. The normalized spacial score (nSPS) is 16.2. The Labute approximate surface area is 157 Å². The molecule has 0 aliphatic carbocycles. The van der Waals surface area contributed by atoms with E-state index in [4.69, 9.17) is 0 Å². The molecule has 2 N–H and O–H groups in total. The van der Waals surface area contributed by atoms with Crippen LogP contribution in [0.5, 0.6) is 0 Å². The van der Waals surface area contributed by atoms with Crippen molar-refractivity contribution in [3.05, 3.63) is 59.2 Å². The first-order valence-electron chi connectivity index (χ1n) is 8.94. The lowest BCUT2D eigenvalue weighted by atomic mass is 9.72. The quantitative estimate of drug-likeness (QED) is 0.791. The van der Waals surface area contributed by atoms with Gasteiger partial charge < -0.3 is 10.2 Å². The number of aryl methyl sites for hydroxylation is 1. The molecule has 4 rings (SSSR count). The number of aromatic nitrogens is 3. The number of anilines is 1. The van der Waals surface area contributed by atoms with Crippen LogP contribution in [0.4, 0.5) is 5.69 Å².